The van der Waals surface area contributed by atoms with Crippen molar-refractivity contribution in [2.24, 2.45) is 0 Å². The molecule has 1 aromatic heterocycles. The highest BCUT2D eigenvalue weighted by molar-refractivity contribution is 5.82. The summed E-state index contributed by atoms with van der Waals surface area (Å²) in [5.74, 6) is 1.20. The largest absolute Gasteiger partial charge is 0.354 e. The van der Waals surface area contributed by atoms with Crippen LogP contribution in [-0.4, -0.2) is 17.6 Å². The Bertz CT molecular complexity index is 627. The Morgan fingerprint density at radius 3 is 2.57 bits per heavy atom. The van der Waals surface area contributed by atoms with Crippen molar-refractivity contribution in [3.05, 3.63) is 35.4 Å². The molecule has 2 aromatic rings. The average Bonchev–Trinajstić information content (AvgIpc) is 2.50. The van der Waals surface area contributed by atoms with Crippen LogP contribution in [0.25, 0.3) is 10.9 Å². The van der Waals surface area contributed by atoms with Crippen molar-refractivity contribution in [2.75, 3.05) is 11.4 Å². The second-order valence-electron chi connectivity index (χ2n) is 6.40. The maximum absolute atomic E-state index is 5.01. The van der Waals surface area contributed by atoms with E-state index in [-0.39, 0.29) is 0 Å². The van der Waals surface area contributed by atoms with Gasteiger partial charge in [-0.3, -0.25) is 0 Å². The zero-order valence-electron chi connectivity index (χ0n) is 13.5. The van der Waals surface area contributed by atoms with E-state index in [9.17, 15) is 0 Å². The standard InChI is InChI=1S/C19H26N2/c1-4-21(17-8-6-5-7-9-17)19-15(3)13-16-11-10-14(2)12-18(16)20-19/h10-13,17H,4-9H2,1-3H3. The Kier molecular flexibility index (Phi) is 4.14. The molecule has 0 spiro atoms. The van der Waals surface area contributed by atoms with E-state index in [0.29, 0.717) is 6.04 Å². The molecule has 0 bridgehead atoms. The van der Waals surface area contributed by atoms with Crippen molar-refractivity contribution in [3.8, 4) is 0 Å². The molecule has 2 nitrogen and oxygen atoms in total. The summed E-state index contributed by atoms with van der Waals surface area (Å²) >= 11 is 0. The van der Waals surface area contributed by atoms with Crippen molar-refractivity contribution in [1.29, 1.82) is 0 Å². The first-order valence-corrected chi connectivity index (χ1v) is 8.33. The molecule has 1 heterocycles. The smallest absolute Gasteiger partial charge is 0.132 e. The number of aryl methyl sites for hydroxylation is 2. The maximum Gasteiger partial charge on any atom is 0.132 e. The second-order valence-corrected chi connectivity index (χ2v) is 6.40. The van der Waals surface area contributed by atoms with E-state index in [4.69, 9.17) is 4.98 Å². The van der Waals surface area contributed by atoms with Crippen LogP contribution >= 0.6 is 0 Å². The van der Waals surface area contributed by atoms with Crippen LogP contribution in [0.5, 0.6) is 0 Å². The maximum atomic E-state index is 5.01. The molecule has 0 saturated heterocycles. The van der Waals surface area contributed by atoms with Crippen molar-refractivity contribution < 1.29 is 0 Å². The zero-order valence-corrected chi connectivity index (χ0v) is 13.5. The van der Waals surface area contributed by atoms with Crippen LogP contribution in [0.4, 0.5) is 5.82 Å². The molecule has 2 heteroatoms. The first-order valence-electron chi connectivity index (χ1n) is 8.33. The molecule has 3 rings (SSSR count). The summed E-state index contributed by atoms with van der Waals surface area (Å²) in [4.78, 5) is 7.55. The Labute approximate surface area is 128 Å². The van der Waals surface area contributed by atoms with E-state index in [1.54, 1.807) is 0 Å². The van der Waals surface area contributed by atoms with E-state index in [1.165, 1.54) is 54.4 Å². The fraction of sp³-hybridized carbons (Fsp3) is 0.526. The van der Waals surface area contributed by atoms with Gasteiger partial charge in [0, 0.05) is 18.0 Å². The number of rotatable bonds is 3. The van der Waals surface area contributed by atoms with Crippen LogP contribution in [0.1, 0.15) is 50.2 Å². The van der Waals surface area contributed by atoms with Gasteiger partial charge in [-0.25, -0.2) is 4.98 Å². The summed E-state index contributed by atoms with van der Waals surface area (Å²) in [5, 5.41) is 1.25. The Morgan fingerprint density at radius 2 is 1.86 bits per heavy atom. The van der Waals surface area contributed by atoms with Crippen molar-refractivity contribution in [1.82, 2.24) is 4.98 Å². The number of anilines is 1. The van der Waals surface area contributed by atoms with E-state index in [1.807, 2.05) is 0 Å². The minimum Gasteiger partial charge on any atom is -0.354 e. The van der Waals surface area contributed by atoms with E-state index in [2.05, 4.69) is 49.9 Å². The van der Waals surface area contributed by atoms with Crippen LogP contribution in [-0.2, 0) is 0 Å². The normalized spacial score (nSPS) is 16.3. The molecular formula is C19H26N2. The number of pyridine rings is 1. The number of benzene rings is 1. The number of fused-ring (bicyclic) bond motifs is 1. The van der Waals surface area contributed by atoms with Gasteiger partial charge < -0.3 is 4.90 Å². The van der Waals surface area contributed by atoms with Gasteiger partial charge in [-0.15, -0.1) is 0 Å². The highest BCUT2D eigenvalue weighted by atomic mass is 15.2. The molecule has 112 valence electrons. The number of aromatic nitrogens is 1. The molecule has 0 N–H and O–H groups in total. The highest BCUT2D eigenvalue weighted by Crippen LogP contribution is 2.30. The molecule has 0 unspecified atom stereocenters. The van der Waals surface area contributed by atoms with Crippen LogP contribution in [0.15, 0.2) is 24.3 Å². The predicted molar refractivity (Wildman–Crippen MR) is 91.1 cm³/mol. The van der Waals surface area contributed by atoms with Crippen molar-refractivity contribution in [3.63, 3.8) is 0 Å². The summed E-state index contributed by atoms with van der Waals surface area (Å²) in [6.07, 6.45) is 6.78. The second kappa shape index (κ2) is 6.05. The van der Waals surface area contributed by atoms with E-state index < -0.39 is 0 Å². The SMILES string of the molecule is CCN(c1nc2cc(C)ccc2cc1C)C1CCCCC1. The average molecular weight is 282 g/mol. The van der Waals surface area contributed by atoms with Crippen LogP contribution in [0.3, 0.4) is 0 Å². The van der Waals surface area contributed by atoms with E-state index in [0.717, 1.165) is 12.1 Å². The lowest BCUT2D eigenvalue weighted by molar-refractivity contribution is 0.416. The number of nitrogens with zero attached hydrogens (tertiary/aromatic N) is 2. The molecule has 0 radical (unpaired) electrons. The van der Waals surface area contributed by atoms with Crippen molar-refractivity contribution in [2.45, 2.75) is 58.9 Å². The molecule has 0 aliphatic heterocycles. The lowest BCUT2D eigenvalue weighted by Crippen LogP contribution is -2.37. The fourth-order valence-electron chi connectivity index (χ4n) is 3.64. The van der Waals surface area contributed by atoms with Gasteiger partial charge in [-0.2, -0.15) is 0 Å². The summed E-state index contributed by atoms with van der Waals surface area (Å²) in [6, 6.07) is 9.53. The zero-order chi connectivity index (χ0) is 14.8. The van der Waals surface area contributed by atoms with Gasteiger partial charge in [0.15, 0.2) is 0 Å². The molecule has 1 aliphatic carbocycles. The van der Waals surface area contributed by atoms with E-state index >= 15 is 0 Å². The summed E-state index contributed by atoms with van der Waals surface area (Å²) in [7, 11) is 0. The van der Waals surface area contributed by atoms with Gasteiger partial charge in [0.1, 0.15) is 5.82 Å². The molecule has 1 fully saturated rings. The van der Waals surface area contributed by atoms with Gasteiger partial charge in [0.25, 0.3) is 0 Å². The van der Waals surface area contributed by atoms with Gasteiger partial charge in [-0.1, -0.05) is 31.4 Å². The quantitative estimate of drug-likeness (QED) is 0.786. The molecule has 1 aliphatic rings. The molecule has 1 saturated carbocycles. The van der Waals surface area contributed by atoms with Gasteiger partial charge in [-0.05, 0) is 56.9 Å². The van der Waals surface area contributed by atoms with Crippen molar-refractivity contribution >= 4 is 16.7 Å². The third-order valence-electron chi connectivity index (χ3n) is 4.77. The molecule has 21 heavy (non-hydrogen) atoms. The predicted octanol–water partition coefficient (Wildman–Crippen LogP) is 5.01. The highest BCUT2D eigenvalue weighted by Gasteiger charge is 2.22. The first kappa shape index (κ1) is 14.4. The minimum atomic E-state index is 0.678. The minimum absolute atomic E-state index is 0.678. The monoisotopic (exact) mass is 282 g/mol. The number of hydrogen-bond acceptors (Lipinski definition) is 2. The molecule has 0 amide bonds. The third-order valence-corrected chi connectivity index (χ3v) is 4.77. The lowest BCUT2D eigenvalue weighted by Gasteiger charge is -2.35. The van der Waals surface area contributed by atoms with Crippen LogP contribution in [0, 0.1) is 13.8 Å². The Hall–Kier alpha value is -1.57. The first-order chi connectivity index (χ1) is 10.2. The van der Waals surface area contributed by atoms with Crippen LogP contribution in [0.2, 0.25) is 0 Å². The fourth-order valence-corrected chi connectivity index (χ4v) is 3.64. The molecule has 1 aromatic carbocycles. The topological polar surface area (TPSA) is 16.1 Å². The van der Waals surface area contributed by atoms with Gasteiger partial charge in [0.2, 0.25) is 0 Å². The third kappa shape index (κ3) is 2.90. The summed E-state index contributed by atoms with van der Waals surface area (Å²) < 4.78 is 0. The Morgan fingerprint density at radius 1 is 1.10 bits per heavy atom. The summed E-state index contributed by atoms with van der Waals surface area (Å²) in [6.45, 7) is 7.65. The summed E-state index contributed by atoms with van der Waals surface area (Å²) in [5.41, 5.74) is 3.72. The number of hydrogen-bond donors (Lipinski definition) is 0. The molecular weight excluding hydrogens is 256 g/mol. The lowest BCUT2D eigenvalue weighted by atomic mass is 9.94. The van der Waals surface area contributed by atoms with Gasteiger partial charge in [0.05, 0.1) is 5.52 Å². The molecule has 0 atom stereocenters. The Balaban J connectivity index is 2.02. The van der Waals surface area contributed by atoms with Crippen LogP contribution < -0.4 is 4.90 Å². The van der Waals surface area contributed by atoms with Gasteiger partial charge >= 0.3 is 0 Å².